The Balaban J connectivity index is 1.80. The third-order valence-electron chi connectivity index (χ3n) is 2.70. The number of rotatable bonds is 6. The predicted octanol–water partition coefficient (Wildman–Crippen LogP) is 1.32. The summed E-state index contributed by atoms with van der Waals surface area (Å²) >= 11 is 0. The van der Waals surface area contributed by atoms with Crippen LogP contribution in [0.25, 0.3) is 0 Å². The normalized spacial score (nSPS) is 10.9. The minimum atomic E-state index is 0.829. The van der Waals surface area contributed by atoms with Crippen LogP contribution in [0.1, 0.15) is 24.6 Å². The Morgan fingerprint density at radius 3 is 2.88 bits per heavy atom. The fraction of sp³-hybridized carbons (Fsp3) is 0.500. The summed E-state index contributed by atoms with van der Waals surface area (Å²) in [4.78, 5) is 0. The van der Waals surface area contributed by atoms with E-state index in [4.69, 9.17) is 0 Å². The van der Waals surface area contributed by atoms with Crippen molar-refractivity contribution in [2.24, 2.45) is 7.05 Å². The van der Waals surface area contributed by atoms with Crippen LogP contribution in [0.5, 0.6) is 0 Å². The van der Waals surface area contributed by atoms with Crippen molar-refractivity contribution >= 4 is 0 Å². The third kappa shape index (κ3) is 3.17. The minimum absolute atomic E-state index is 0.829. The summed E-state index contributed by atoms with van der Waals surface area (Å²) in [5, 5.41) is 11.8. The number of hydrogen-bond acceptors (Lipinski definition) is 3. The second-order valence-electron chi connectivity index (χ2n) is 4.16. The highest BCUT2D eigenvalue weighted by Crippen LogP contribution is 2.00. The summed E-state index contributed by atoms with van der Waals surface area (Å²) in [5.74, 6) is 0. The molecule has 0 aliphatic carbocycles. The molecule has 0 saturated carbocycles. The van der Waals surface area contributed by atoms with Gasteiger partial charge in [0, 0.05) is 44.6 Å². The zero-order valence-corrected chi connectivity index (χ0v) is 10.4. The van der Waals surface area contributed by atoms with Crippen LogP contribution in [0.2, 0.25) is 0 Å². The number of aryl methyl sites for hydroxylation is 2. The molecule has 0 aliphatic heterocycles. The maximum Gasteiger partial charge on any atom is 0.0534 e. The topological polar surface area (TPSA) is 47.7 Å². The fourth-order valence-corrected chi connectivity index (χ4v) is 1.76. The van der Waals surface area contributed by atoms with Gasteiger partial charge >= 0.3 is 0 Å². The summed E-state index contributed by atoms with van der Waals surface area (Å²) in [6.45, 7) is 4.81. The number of nitrogens with one attached hydrogen (secondary N) is 1. The van der Waals surface area contributed by atoms with E-state index in [9.17, 15) is 0 Å². The summed E-state index contributed by atoms with van der Waals surface area (Å²) in [5.41, 5.74) is 2.41. The van der Waals surface area contributed by atoms with Gasteiger partial charge in [0.05, 0.1) is 11.9 Å². The monoisotopic (exact) mass is 233 g/mol. The average molecular weight is 233 g/mol. The van der Waals surface area contributed by atoms with Gasteiger partial charge in [-0.3, -0.25) is 9.36 Å². The largest absolute Gasteiger partial charge is 0.307 e. The molecule has 2 aromatic rings. The lowest BCUT2D eigenvalue weighted by Crippen LogP contribution is -2.14. The van der Waals surface area contributed by atoms with Gasteiger partial charge in [-0.2, -0.15) is 10.2 Å². The number of aromatic nitrogens is 4. The van der Waals surface area contributed by atoms with E-state index >= 15 is 0 Å². The van der Waals surface area contributed by atoms with E-state index in [-0.39, 0.29) is 0 Å². The first-order chi connectivity index (χ1) is 8.29. The lowest BCUT2D eigenvalue weighted by molar-refractivity contribution is 0.599. The zero-order valence-electron chi connectivity index (χ0n) is 10.4. The van der Waals surface area contributed by atoms with Crippen molar-refractivity contribution in [2.75, 3.05) is 0 Å². The quantitative estimate of drug-likeness (QED) is 0.818. The van der Waals surface area contributed by atoms with Crippen molar-refractivity contribution in [1.82, 2.24) is 24.9 Å². The second kappa shape index (κ2) is 5.63. The third-order valence-corrected chi connectivity index (χ3v) is 2.70. The summed E-state index contributed by atoms with van der Waals surface area (Å²) in [6.07, 6.45) is 6.95. The minimum Gasteiger partial charge on any atom is -0.307 e. The SMILES string of the molecule is CCCn1cc(CNCc2ccnn2C)cn1. The molecule has 5 heteroatoms. The molecular weight excluding hydrogens is 214 g/mol. The van der Waals surface area contributed by atoms with Crippen molar-refractivity contribution in [3.05, 3.63) is 35.9 Å². The Bertz CT molecular complexity index is 457. The molecule has 0 amide bonds. The molecule has 2 rings (SSSR count). The van der Waals surface area contributed by atoms with Gasteiger partial charge in [0.25, 0.3) is 0 Å². The second-order valence-corrected chi connectivity index (χ2v) is 4.16. The first kappa shape index (κ1) is 11.9. The molecule has 2 heterocycles. The van der Waals surface area contributed by atoms with E-state index in [1.807, 2.05) is 34.9 Å². The highest BCUT2D eigenvalue weighted by molar-refractivity contribution is 5.04. The standard InChI is InChI=1S/C12H19N5/c1-3-6-17-10-11(8-15-17)7-13-9-12-4-5-14-16(12)2/h4-5,8,10,13H,3,6-7,9H2,1-2H3. The van der Waals surface area contributed by atoms with E-state index in [1.54, 1.807) is 0 Å². The van der Waals surface area contributed by atoms with Crippen molar-refractivity contribution in [3.8, 4) is 0 Å². The smallest absolute Gasteiger partial charge is 0.0534 e. The Morgan fingerprint density at radius 2 is 2.18 bits per heavy atom. The van der Waals surface area contributed by atoms with Crippen LogP contribution in [0.4, 0.5) is 0 Å². The molecule has 2 aromatic heterocycles. The molecule has 0 aliphatic rings. The lowest BCUT2D eigenvalue weighted by atomic mass is 10.3. The number of hydrogen-bond donors (Lipinski definition) is 1. The van der Waals surface area contributed by atoms with Gasteiger partial charge in [-0.15, -0.1) is 0 Å². The fourth-order valence-electron chi connectivity index (χ4n) is 1.76. The van der Waals surface area contributed by atoms with Gasteiger partial charge in [-0.25, -0.2) is 0 Å². The molecule has 0 aromatic carbocycles. The molecule has 0 fully saturated rings. The zero-order chi connectivity index (χ0) is 12.1. The van der Waals surface area contributed by atoms with Crippen LogP contribution in [0.15, 0.2) is 24.7 Å². The number of nitrogens with zero attached hydrogens (tertiary/aromatic N) is 4. The van der Waals surface area contributed by atoms with E-state index in [0.29, 0.717) is 0 Å². The van der Waals surface area contributed by atoms with Gasteiger partial charge in [-0.1, -0.05) is 6.92 Å². The van der Waals surface area contributed by atoms with Gasteiger partial charge in [0.1, 0.15) is 0 Å². The molecule has 0 radical (unpaired) electrons. The maximum atomic E-state index is 4.30. The summed E-state index contributed by atoms with van der Waals surface area (Å²) in [7, 11) is 1.95. The molecule has 1 N–H and O–H groups in total. The average Bonchev–Trinajstić information content (AvgIpc) is 2.90. The van der Waals surface area contributed by atoms with Gasteiger partial charge < -0.3 is 5.32 Å². The van der Waals surface area contributed by atoms with Gasteiger partial charge in [-0.05, 0) is 12.5 Å². The van der Waals surface area contributed by atoms with E-state index in [0.717, 1.165) is 26.1 Å². The molecule has 0 saturated heterocycles. The molecule has 0 spiro atoms. The predicted molar refractivity (Wildman–Crippen MR) is 66.3 cm³/mol. The molecule has 92 valence electrons. The maximum absolute atomic E-state index is 4.30. The van der Waals surface area contributed by atoms with Crippen LogP contribution in [-0.2, 0) is 26.7 Å². The van der Waals surface area contributed by atoms with Gasteiger partial charge in [0.15, 0.2) is 0 Å². The van der Waals surface area contributed by atoms with Gasteiger partial charge in [0.2, 0.25) is 0 Å². The first-order valence-electron chi connectivity index (χ1n) is 5.98. The molecule has 17 heavy (non-hydrogen) atoms. The highest BCUT2D eigenvalue weighted by atomic mass is 15.3. The van der Waals surface area contributed by atoms with Crippen LogP contribution < -0.4 is 5.32 Å². The van der Waals surface area contributed by atoms with Crippen molar-refractivity contribution < 1.29 is 0 Å². The van der Waals surface area contributed by atoms with Crippen LogP contribution in [0, 0.1) is 0 Å². The Kier molecular flexibility index (Phi) is 3.93. The van der Waals surface area contributed by atoms with Crippen LogP contribution in [-0.4, -0.2) is 19.6 Å². The molecule has 0 bridgehead atoms. The lowest BCUT2D eigenvalue weighted by Gasteiger charge is -2.03. The summed E-state index contributed by atoms with van der Waals surface area (Å²) in [6, 6.07) is 2.02. The molecular formula is C12H19N5. The van der Waals surface area contributed by atoms with Crippen molar-refractivity contribution in [2.45, 2.75) is 33.0 Å². The molecule has 0 unspecified atom stereocenters. The highest BCUT2D eigenvalue weighted by Gasteiger charge is 2.00. The van der Waals surface area contributed by atoms with E-state index < -0.39 is 0 Å². The van der Waals surface area contributed by atoms with Crippen LogP contribution in [0.3, 0.4) is 0 Å². The van der Waals surface area contributed by atoms with E-state index in [2.05, 4.69) is 28.6 Å². The van der Waals surface area contributed by atoms with Crippen molar-refractivity contribution in [3.63, 3.8) is 0 Å². The summed E-state index contributed by atoms with van der Waals surface area (Å²) < 4.78 is 3.87. The Labute approximate surface area is 101 Å². The van der Waals surface area contributed by atoms with Crippen molar-refractivity contribution in [1.29, 1.82) is 0 Å². The molecule has 5 nitrogen and oxygen atoms in total. The first-order valence-corrected chi connectivity index (χ1v) is 5.98. The molecule has 0 atom stereocenters. The van der Waals surface area contributed by atoms with Crippen LogP contribution >= 0.6 is 0 Å². The van der Waals surface area contributed by atoms with E-state index in [1.165, 1.54) is 11.3 Å². The Hall–Kier alpha value is -1.62. The Morgan fingerprint density at radius 1 is 1.29 bits per heavy atom.